The van der Waals surface area contributed by atoms with Gasteiger partial charge < -0.3 is 20.7 Å². The Morgan fingerprint density at radius 1 is 1.35 bits per heavy atom. The third-order valence-corrected chi connectivity index (χ3v) is 4.25. The van der Waals surface area contributed by atoms with Gasteiger partial charge in [0, 0.05) is 18.7 Å². The van der Waals surface area contributed by atoms with E-state index in [0.717, 1.165) is 31.3 Å². The Hall–Kier alpha value is -2.27. The van der Waals surface area contributed by atoms with Crippen LogP contribution in [0, 0.1) is 0 Å². The first kappa shape index (κ1) is 15.6. The molecule has 1 aromatic carbocycles. The number of hydrogen-bond donors (Lipinski definition) is 2. The van der Waals surface area contributed by atoms with Crippen molar-refractivity contribution in [1.82, 2.24) is 4.98 Å². The van der Waals surface area contributed by atoms with Crippen molar-refractivity contribution in [2.75, 3.05) is 35.7 Å². The molecular formula is C18H24N4O. The number of nitrogen functional groups attached to an aromatic ring is 1. The predicted octanol–water partition coefficient (Wildman–Crippen LogP) is 3.06. The van der Waals surface area contributed by atoms with Gasteiger partial charge in [0.05, 0.1) is 36.8 Å². The molecule has 1 aliphatic rings. The van der Waals surface area contributed by atoms with Crippen molar-refractivity contribution < 1.29 is 4.74 Å². The fourth-order valence-electron chi connectivity index (χ4n) is 2.86. The van der Waals surface area contributed by atoms with E-state index in [-0.39, 0.29) is 6.04 Å². The third-order valence-electron chi connectivity index (χ3n) is 4.25. The molecule has 2 heterocycles. The molecule has 1 saturated heterocycles. The summed E-state index contributed by atoms with van der Waals surface area (Å²) in [7, 11) is 0. The summed E-state index contributed by atoms with van der Waals surface area (Å²) in [4.78, 5) is 6.76. The highest BCUT2D eigenvalue weighted by atomic mass is 16.5. The highest BCUT2D eigenvalue weighted by Crippen LogP contribution is 2.28. The minimum absolute atomic E-state index is 0.177. The number of rotatable bonds is 4. The number of hydrogen-bond acceptors (Lipinski definition) is 5. The quantitative estimate of drug-likeness (QED) is 0.908. The van der Waals surface area contributed by atoms with Crippen LogP contribution in [0.25, 0.3) is 0 Å². The van der Waals surface area contributed by atoms with Gasteiger partial charge in [0.1, 0.15) is 5.82 Å². The van der Waals surface area contributed by atoms with Crippen molar-refractivity contribution in [3.8, 4) is 0 Å². The number of pyridine rings is 1. The Kier molecular flexibility index (Phi) is 4.67. The fraction of sp³-hybridized carbons (Fsp3) is 0.389. The van der Waals surface area contributed by atoms with E-state index in [1.54, 1.807) is 6.20 Å². The van der Waals surface area contributed by atoms with Crippen LogP contribution >= 0.6 is 0 Å². The Morgan fingerprint density at radius 3 is 2.87 bits per heavy atom. The molecule has 0 spiro atoms. The second-order valence-electron chi connectivity index (χ2n) is 6.02. The molecule has 3 rings (SSSR count). The number of nitrogens with two attached hydrogens (primary N) is 1. The van der Waals surface area contributed by atoms with Gasteiger partial charge in [-0.15, -0.1) is 0 Å². The molecule has 3 N–H and O–H groups in total. The van der Waals surface area contributed by atoms with E-state index < -0.39 is 0 Å². The fourth-order valence-corrected chi connectivity index (χ4v) is 2.86. The maximum atomic E-state index is 6.11. The second-order valence-corrected chi connectivity index (χ2v) is 6.02. The molecule has 1 aromatic heterocycles. The molecule has 2 atom stereocenters. The van der Waals surface area contributed by atoms with Gasteiger partial charge in [-0.3, -0.25) is 0 Å². The van der Waals surface area contributed by atoms with E-state index in [1.807, 2.05) is 24.3 Å². The van der Waals surface area contributed by atoms with Gasteiger partial charge in [0.15, 0.2) is 0 Å². The molecule has 0 saturated carbocycles. The summed E-state index contributed by atoms with van der Waals surface area (Å²) in [6.45, 7) is 6.60. The van der Waals surface area contributed by atoms with E-state index in [2.05, 4.69) is 41.2 Å². The highest BCUT2D eigenvalue weighted by molar-refractivity contribution is 5.70. The van der Waals surface area contributed by atoms with Crippen LogP contribution < -0.4 is 16.0 Å². The maximum Gasteiger partial charge on any atom is 0.131 e. The zero-order valence-electron chi connectivity index (χ0n) is 13.7. The summed E-state index contributed by atoms with van der Waals surface area (Å²) < 4.78 is 5.50. The summed E-state index contributed by atoms with van der Waals surface area (Å²) in [6.07, 6.45) is 1.73. The van der Waals surface area contributed by atoms with Crippen LogP contribution in [-0.2, 0) is 4.74 Å². The van der Waals surface area contributed by atoms with Gasteiger partial charge in [-0.25, -0.2) is 4.98 Å². The number of nitrogens with one attached hydrogen (secondary N) is 1. The lowest BCUT2D eigenvalue weighted by molar-refractivity contribution is 0.0985. The van der Waals surface area contributed by atoms with Crippen molar-refractivity contribution in [3.63, 3.8) is 0 Å². The van der Waals surface area contributed by atoms with Crippen molar-refractivity contribution in [2.24, 2.45) is 0 Å². The number of aromatic nitrogens is 1. The number of ether oxygens (including phenoxy) is 1. The molecule has 0 amide bonds. The third kappa shape index (κ3) is 3.56. The molecule has 23 heavy (non-hydrogen) atoms. The standard InChI is InChI=1S/C18H24N4O/c1-13-12-23-9-8-22(13)18-10-17(16(19)11-20-18)21-14(2)15-6-4-3-5-7-15/h3-7,10-11,13-14H,8-9,12,19H2,1-2H3,(H,20,21)/t13-,14-/m0/s1. The Balaban J connectivity index is 1.80. The van der Waals surface area contributed by atoms with E-state index >= 15 is 0 Å². The largest absolute Gasteiger partial charge is 0.396 e. The van der Waals surface area contributed by atoms with Gasteiger partial charge in [-0.2, -0.15) is 0 Å². The smallest absolute Gasteiger partial charge is 0.131 e. The molecule has 1 aliphatic heterocycles. The molecule has 0 bridgehead atoms. The summed E-state index contributed by atoms with van der Waals surface area (Å²) in [5.74, 6) is 0.942. The molecule has 0 aliphatic carbocycles. The van der Waals surface area contributed by atoms with Crippen molar-refractivity contribution >= 4 is 17.2 Å². The summed E-state index contributed by atoms with van der Waals surface area (Å²) in [6, 6.07) is 12.9. The molecule has 5 heteroatoms. The molecule has 0 unspecified atom stereocenters. The average molecular weight is 312 g/mol. The minimum atomic E-state index is 0.177. The van der Waals surface area contributed by atoms with Gasteiger partial charge in [0.25, 0.3) is 0 Å². The molecule has 5 nitrogen and oxygen atoms in total. The lowest BCUT2D eigenvalue weighted by Gasteiger charge is -2.34. The van der Waals surface area contributed by atoms with Crippen LogP contribution in [-0.4, -0.2) is 30.8 Å². The van der Waals surface area contributed by atoms with Crippen LogP contribution in [0.5, 0.6) is 0 Å². The first-order valence-corrected chi connectivity index (χ1v) is 8.06. The molecule has 2 aromatic rings. The molecule has 1 fully saturated rings. The van der Waals surface area contributed by atoms with Crippen LogP contribution in [0.3, 0.4) is 0 Å². The molecule has 122 valence electrons. The number of nitrogens with zero attached hydrogens (tertiary/aromatic N) is 2. The minimum Gasteiger partial charge on any atom is -0.396 e. The van der Waals surface area contributed by atoms with Crippen LogP contribution in [0.2, 0.25) is 0 Å². The summed E-state index contributed by atoms with van der Waals surface area (Å²) >= 11 is 0. The Bertz CT molecular complexity index is 647. The Labute approximate surface area is 137 Å². The van der Waals surface area contributed by atoms with Gasteiger partial charge in [0.2, 0.25) is 0 Å². The van der Waals surface area contributed by atoms with Gasteiger partial charge >= 0.3 is 0 Å². The predicted molar refractivity (Wildman–Crippen MR) is 94.8 cm³/mol. The van der Waals surface area contributed by atoms with E-state index in [4.69, 9.17) is 10.5 Å². The molecular weight excluding hydrogens is 288 g/mol. The van der Waals surface area contributed by atoms with Crippen LogP contribution in [0.15, 0.2) is 42.6 Å². The second kappa shape index (κ2) is 6.87. The van der Waals surface area contributed by atoms with Gasteiger partial charge in [-0.1, -0.05) is 30.3 Å². The first-order valence-electron chi connectivity index (χ1n) is 8.06. The van der Waals surface area contributed by atoms with E-state index in [9.17, 15) is 0 Å². The number of anilines is 3. The van der Waals surface area contributed by atoms with Gasteiger partial charge in [-0.05, 0) is 19.4 Å². The zero-order valence-corrected chi connectivity index (χ0v) is 13.7. The normalized spacial score (nSPS) is 19.4. The Morgan fingerprint density at radius 2 is 2.13 bits per heavy atom. The van der Waals surface area contributed by atoms with E-state index in [1.165, 1.54) is 5.56 Å². The van der Waals surface area contributed by atoms with Crippen LogP contribution in [0.4, 0.5) is 17.2 Å². The average Bonchev–Trinajstić information content (AvgIpc) is 2.58. The maximum absolute atomic E-state index is 6.11. The SMILES string of the molecule is C[C@H](Nc1cc(N2CCOC[C@@H]2C)ncc1N)c1ccccc1. The van der Waals surface area contributed by atoms with Crippen LogP contribution in [0.1, 0.15) is 25.5 Å². The van der Waals surface area contributed by atoms with Crippen molar-refractivity contribution in [2.45, 2.75) is 25.9 Å². The lowest BCUT2D eigenvalue weighted by Crippen LogP contribution is -2.44. The summed E-state index contributed by atoms with van der Waals surface area (Å²) in [5.41, 5.74) is 8.92. The lowest BCUT2D eigenvalue weighted by atomic mass is 10.1. The first-order chi connectivity index (χ1) is 11.1. The van der Waals surface area contributed by atoms with E-state index in [0.29, 0.717) is 11.7 Å². The van der Waals surface area contributed by atoms with Crippen molar-refractivity contribution in [1.29, 1.82) is 0 Å². The topological polar surface area (TPSA) is 63.4 Å². The highest BCUT2D eigenvalue weighted by Gasteiger charge is 2.21. The zero-order chi connectivity index (χ0) is 16.2. The summed E-state index contributed by atoms with van der Waals surface area (Å²) in [5, 5.41) is 3.50. The van der Waals surface area contributed by atoms with Crippen molar-refractivity contribution in [3.05, 3.63) is 48.2 Å². The number of morpholine rings is 1. The number of benzene rings is 1. The monoisotopic (exact) mass is 312 g/mol. The molecule has 0 radical (unpaired) electrons.